The van der Waals surface area contributed by atoms with Gasteiger partial charge in [0.25, 0.3) is 0 Å². The van der Waals surface area contributed by atoms with E-state index in [1.807, 2.05) is 0 Å². The summed E-state index contributed by atoms with van der Waals surface area (Å²) >= 11 is 0. The van der Waals surface area contributed by atoms with Crippen LogP contribution in [-0.2, 0) is 21.8 Å². The Kier molecular flexibility index (Phi) is 7.88. The van der Waals surface area contributed by atoms with Gasteiger partial charge in [0.15, 0.2) is 10.5 Å². The summed E-state index contributed by atoms with van der Waals surface area (Å²) in [5.41, 5.74) is 0. The topological polar surface area (TPSA) is 184 Å². The number of hydrogen-bond acceptors (Lipinski definition) is 8. The highest BCUT2D eigenvalue weighted by Crippen LogP contribution is 2.54. The smallest absolute Gasteiger partial charge is 0.216 e. The Bertz CT molecular complexity index is 771. The minimum atomic E-state index is -4.94. The standard InChI is InChI=1S/C17H18S2.2ClHO4/c1-3-17(2)12-18-13-8-4-6-10-15(13)19(17)16-11-7-5-9-14(16)18;2*2-1(3,4)5/h4-11H,3,12H2,1-2H3;2*(H,2,3,4,5)/q+2;;/p-2. The number of halogens is 2. The van der Waals surface area contributed by atoms with Crippen molar-refractivity contribution in [1.29, 1.82) is 0 Å². The van der Waals surface area contributed by atoms with E-state index in [0.29, 0.717) is 15.6 Å². The Morgan fingerprint density at radius 2 is 1.03 bits per heavy atom. The molecular formula is C17H18Cl2O8S2. The highest BCUT2D eigenvalue weighted by atomic mass is 35.7. The van der Waals surface area contributed by atoms with Crippen molar-refractivity contribution in [3.05, 3.63) is 48.5 Å². The Morgan fingerprint density at radius 1 is 0.724 bits per heavy atom. The molecule has 160 valence electrons. The lowest BCUT2D eigenvalue weighted by Gasteiger charge is -2.36. The largest absolute Gasteiger partial charge is 0.222 e. The van der Waals surface area contributed by atoms with Gasteiger partial charge in [0.1, 0.15) is 0 Å². The minimum Gasteiger partial charge on any atom is -0.222 e. The van der Waals surface area contributed by atoms with E-state index in [2.05, 4.69) is 62.4 Å². The zero-order valence-electron chi connectivity index (χ0n) is 15.4. The molecule has 5 rings (SSSR count). The average molecular weight is 485 g/mol. The molecule has 0 saturated heterocycles. The summed E-state index contributed by atoms with van der Waals surface area (Å²) in [6, 6.07) is 18.3. The molecule has 3 aliphatic heterocycles. The second kappa shape index (κ2) is 9.27. The Balaban J connectivity index is 0.000000253. The third-order valence-electron chi connectivity index (χ3n) is 4.36. The molecule has 0 radical (unpaired) electrons. The Morgan fingerprint density at radius 3 is 1.34 bits per heavy atom. The first-order chi connectivity index (χ1) is 13.2. The van der Waals surface area contributed by atoms with Crippen molar-refractivity contribution in [3.63, 3.8) is 0 Å². The SMILES string of the molecule is CCC1(C)C[S+]2c3ccccc3[S+]1c1ccccc12.[O-][Cl+3]([O-])([O-])[O-].[O-][Cl+3]([O-])([O-])[O-]. The van der Waals surface area contributed by atoms with E-state index in [0.717, 1.165) is 0 Å². The van der Waals surface area contributed by atoms with Gasteiger partial charge < -0.3 is 0 Å². The van der Waals surface area contributed by atoms with Gasteiger partial charge >= 0.3 is 0 Å². The molecule has 0 aliphatic carbocycles. The summed E-state index contributed by atoms with van der Waals surface area (Å²) in [5, 5.41) is 0. The van der Waals surface area contributed by atoms with E-state index < -0.39 is 20.5 Å². The van der Waals surface area contributed by atoms with Gasteiger partial charge in [0.2, 0.25) is 19.6 Å². The first-order valence-electron chi connectivity index (χ1n) is 8.11. The lowest BCUT2D eigenvalue weighted by molar-refractivity contribution is -2.00. The molecule has 2 bridgehead atoms. The summed E-state index contributed by atoms with van der Waals surface area (Å²) in [7, 11) is -9.32. The summed E-state index contributed by atoms with van der Waals surface area (Å²) in [6.45, 7) is 4.87. The first-order valence-corrected chi connectivity index (χ1v) is 13.2. The van der Waals surface area contributed by atoms with Crippen molar-refractivity contribution < 1.29 is 57.8 Å². The number of fused-ring (bicyclic) bond motifs is 1. The minimum absolute atomic E-state index is 0.268. The number of hydrogen-bond donors (Lipinski definition) is 0. The highest BCUT2D eigenvalue weighted by molar-refractivity contribution is 8.06. The molecular weight excluding hydrogens is 467 g/mol. The lowest BCUT2D eigenvalue weighted by atomic mass is 10.1. The molecule has 29 heavy (non-hydrogen) atoms. The van der Waals surface area contributed by atoms with Crippen molar-refractivity contribution in [1.82, 2.24) is 0 Å². The molecule has 0 fully saturated rings. The molecule has 3 heterocycles. The molecule has 3 aliphatic rings. The van der Waals surface area contributed by atoms with Gasteiger partial charge in [-0.2, -0.15) is 0 Å². The predicted molar refractivity (Wildman–Crippen MR) is 84.2 cm³/mol. The quantitative estimate of drug-likeness (QED) is 0.359. The summed E-state index contributed by atoms with van der Waals surface area (Å²) in [6.07, 6.45) is 1.28. The van der Waals surface area contributed by atoms with E-state index in [4.69, 9.17) is 37.3 Å². The molecule has 2 aromatic rings. The first kappa shape index (κ1) is 24.7. The highest BCUT2D eigenvalue weighted by Gasteiger charge is 2.64. The molecule has 0 saturated carbocycles. The van der Waals surface area contributed by atoms with Gasteiger partial charge in [-0.15, -0.1) is 20.5 Å². The van der Waals surface area contributed by atoms with Crippen LogP contribution in [-0.4, -0.2) is 10.5 Å². The maximum atomic E-state index is 8.49. The molecule has 12 heteroatoms. The predicted octanol–water partition coefficient (Wildman–Crippen LogP) is -5.26. The van der Waals surface area contributed by atoms with Crippen LogP contribution in [0.25, 0.3) is 0 Å². The molecule has 1 unspecified atom stereocenters. The van der Waals surface area contributed by atoms with E-state index in [1.165, 1.54) is 12.2 Å². The van der Waals surface area contributed by atoms with Crippen LogP contribution in [0.4, 0.5) is 0 Å². The monoisotopic (exact) mass is 484 g/mol. The van der Waals surface area contributed by atoms with Crippen LogP contribution in [0.15, 0.2) is 68.1 Å². The summed E-state index contributed by atoms with van der Waals surface area (Å²) in [5.74, 6) is 1.35. The molecule has 8 nitrogen and oxygen atoms in total. The van der Waals surface area contributed by atoms with Gasteiger partial charge in [-0.3, -0.25) is 0 Å². The van der Waals surface area contributed by atoms with Gasteiger partial charge in [-0.1, -0.05) is 31.2 Å². The van der Waals surface area contributed by atoms with Crippen LogP contribution in [0.2, 0.25) is 0 Å². The van der Waals surface area contributed by atoms with Gasteiger partial charge in [0, 0.05) is 6.42 Å². The summed E-state index contributed by atoms with van der Waals surface area (Å²) < 4.78 is 68.4. The van der Waals surface area contributed by atoms with E-state index >= 15 is 0 Å². The van der Waals surface area contributed by atoms with Crippen LogP contribution in [0.5, 0.6) is 0 Å². The summed E-state index contributed by atoms with van der Waals surface area (Å²) in [4.78, 5) is 6.49. The van der Waals surface area contributed by atoms with Crippen LogP contribution in [0.1, 0.15) is 20.3 Å². The van der Waals surface area contributed by atoms with Crippen molar-refractivity contribution in [2.24, 2.45) is 0 Å². The van der Waals surface area contributed by atoms with E-state index in [1.54, 1.807) is 19.6 Å². The fourth-order valence-electron chi connectivity index (χ4n) is 3.18. The second-order valence-corrected chi connectivity index (χ2v) is 12.2. The van der Waals surface area contributed by atoms with E-state index in [9.17, 15) is 0 Å². The fraction of sp³-hybridized carbons (Fsp3) is 0.294. The lowest BCUT2D eigenvalue weighted by Crippen LogP contribution is -2.68. The number of benzene rings is 2. The normalized spacial score (nSPS) is 24.3. The van der Waals surface area contributed by atoms with Gasteiger partial charge in [-0.05, 0) is 31.2 Å². The van der Waals surface area contributed by atoms with Gasteiger partial charge in [-0.25, -0.2) is 37.3 Å². The molecule has 0 amide bonds. The average Bonchev–Trinajstić information content (AvgIpc) is 2.59. The zero-order chi connectivity index (χ0) is 22.0. The van der Waals surface area contributed by atoms with Crippen molar-refractivity contribution >= 4 is 21.8 Å². The Labute approximate surface area is 178 Å². The molecule has 0 N–H and O–H groups in total. The molecule has 1 atom stereocenters. The molecule has 0 spiro atoms. The van der Waals surface area contributed by atoms with Crippen LogP contribution in [0, 0.1) is 20.5 Å². The van der Waals surface area contributed by atoms with Crippen LogP contribution < -0.4 is 37.3 Å². The van der Waals surface area contributed by atoms with Crippen LogP contribution >= 0.6 is 0 Å². The van der Waals surface area contributed by atoms with Crippen molar-refractivity contribution in [2.75, 3.05) is 5.75 Å². The Hall–Kier alpha value is -0.600. The van der Waals surface area contributed by atoms with Crippen LogP contribution in [0.3, 0.4) is 0 Å². The van der Waals surface area contributed by atoms with E-state index in [-0.39, 0.29) is 10.9 Å². The molecule has 2 aromatic carbocycles. The zero-order valence-corrected chi connectivity index (χ0v) is 18.5. The third-order valence-corrected chi connectivity index (χ3v) is 10.5. The van der Waals surface area contributed by atoms with Crippen molar-refractivity contribution in [3.8, 4) is 0 Å². The molecule has 0 aromatic heterocycles. The fourth-order valence-corrected chi connectivity index (χ4v) is 10.1. The van der Waals surface area contributed by atoms with Crippen molar-refractivity contribution in [2.45, 2.75) is 44.6 Å². The maximum absolute atomic E-state index is 8.49. The van der Waals surface area contributed by atoms with Gasteiger partial charge in [0.05, 0.1) is 21.8 Å². The third kappa shape index (κ3) is 6.69. The maximum Gasteiger partial charge on any atom is 0.216 e. The second-order valence-electron chi connectivity index (χ2n) is 6.29. The number of rotatable bonds is 1.